The minimum atomic E-state index is -1.07. The average molecular weight is 376 g/mol. The van der Waals surface area contributed by atoms with Crippen LogP contribution in [0.15, 0.2) is 22.7 Å². The maximum atomic E-state index is 12.1. The SMILES string of the molecule is O=C(O)C1CSCN1C(=O)Nc1ccc(Br)c([N+](=O)[O-])c1. The number of amides is 2. The van der Waals surface area contributed by atoms with Gasteiger partial charge in [-0.3, -0.25) is 10.1 Å². The Morgan fingerprint density at radius 2 is 2.24 bits per heavy atom. The highest BCUT2D eigenvalue weighted by molar-refractivity contribution is 9.10. The lowest BCUT2D eigenvalue weighted by Gasteiger charge is -2.20. The number of benzene rings is 1. The Bertz CT molecular complexity index is 612. The van der Waals surface area contributed by atoms with E-state index < -0.39 is 23.0 Å². The molecule has 0 spiro atoms. The molecule has 0 aromatic heterocycles. The highest BCUT2D eigenvalue weighted by Crippen LogP contribution is 2.28. The molecule has 1 fully saturated rings. The van der Waals surface area contributed by atoms with Gasteiger partial charge >= 0.3 is 12.0 Å². The summed E-state index contributed by atoms with van der Waals surface area (Å²) in [6, 6.07) is 2.67. The summed E-state index contributed by atoms with van der Waals surface area (Å²) in [5.41, 5.74) is 0.0503. The molecule has 1 unspecified atom stereocenters. The van der Waals surface area contributed by atoms with E-state index >= 15 is 0 Å². The number of nitro benzene ring substituents is 1. The van der Waals surface area contributed by atoms with Gasteiger partial charge in [0.25, 0.3) is 5.69 Å². The summed E-state index contributed by atoms with van der Waals surface area (Å²) in [5.74, 6) is -0.484. The van der Waals surface area contributed by atoms with E-state index in [1.807, 2.05) is 0 Å². The van der Waals surface area contributed by atoms with E-state index in [1.54, 1.807) is 0 Å². The Kier molecular flexibility index (Phi) is 4.68. The second kappa shape index (κ2) is 6.31. The first-order valence-corrected chi connectivity index (χ1v) is 7.67. The zero-order valence-electron chi connectivity index (χ0n) is 10.5. The lowest BCUT2D eigenvalue weighted by atomic mass is 10.3. The third-order valence-electron chi connectivity index (χ3n) is 2.82. The third kappa shape index (κ3) is 3.45. The summed E-state index contributed by atoms with van der Waals surface area (Å²) >= 11 is 4.38. The lowest BCUT2D eigenvalue weighted by Crippen LogP contribution is -2.43. The Hall–Kier alpha value is -1.81. The molecule has 1 aliphatic rings. The van der Waals surface area contributed by atoms with E-state index in [0.29, 0.717) is 10.2 Å². The van der Waals surface area contributed by atoms with Crippen molar-refractivity contribution >= 4 is 51.1 Å². The van der Waals surface area contributed by atoms with Crippen LogP contribution in [0.2, 0.25) is 0 Å². The van der Waals surface area contributed by atoms with Crippen molar-refractivity contribution in [2.24, 2.45) is 0 Å². The maximum absolute atomic E-state index is 12.1. The normalized spacial score (nSPS) is 17.6. The first-order valence-electron chi connectivity index (χ1n) is 5.72. The molecule has 2 N–H and O–H groups in total. The van der Waals surface area contributed by atoms with Crippen molar-refractivity contribution in [2.45, 2.75) is 6.04 Å². The van der Waals surface area contributed by atoms with Crippen LogP contribution in [0.1, 0.15) is 0 Å². The largest absolute Gasteiger partial charge is 0.480 e. The number of nitro groups is 1. The number of aliphatic carboxylic acids is 1. The standard InChI is InChI=1S/C11H10BrN3O5S/c12-7-2-1-6(3-8(7)15(19)20)13-11(18)14-5-21-4-9(14)10(16)17/h1-3,9H,4-5H2,(H,13,18)(H,16,17). The van der Waals surface area contributed by atoms with Gasteiger partial charge in [0, 0.05) is 17.5 Å². The number of carbonyl (C=O) groups is 2. The van der Waals surface area contributed by atoms with Crippen LogP contribution in [0.4, 0.5) is 16.2 Å². The fourth-order valence-corrected chi connectivity index (χ4v) is 3.31. The predicted molar refractivity (Wildman–Crippen MR) is 80.4 cm³/mol. The van der Waals surface area contributed by atoms with Crippen LogP contribution in [0.25, 0.3) is 0 Å². The zero-order chi connectivity index (χ0) is 15.6. The zero-order valence-corrected chi connectivity index (χ0v) is 12.9. The van der Waals surface area contributed by atoms with Gasteiger partial charge in [0.15, 0.2) is 0 Å². The van der Waals surface area contributed by atoms with Crippen molar-refractivity contribution in [3.8, 4) is 0 Å². The Morgan fingerprint density at radius 3 is 2.86 bits per heavy atom. The number of anilines is 1. The average Bonchev–Trinajstić information content (AvgIpc) is 2.90. The van der Waals surface area contributed by atoms with Gasteiger partial charge < -0.3 is 15.3 Å². The summed E-state index contributed by atoms with van der Waals surface area (Å²) in [6.07, 6.45) is 0. The van der Waals surface area contributed by atoms with Crippen LogP contribution in [-0.2, 0) is 4.79 Å². The lowest BCUT2D eigenvalue weighted by molar-refractivity contribution is -0.385. The van der Waals surface area contributed by atoms with Crippen molar-refractivity contribution in [1.29, 1.82) is 0 Å². The fraction of sp³-hybridized carbons (Fsp3) is 0.273. The van der Waals surface area contributed by atoms with E-state index in [2.05, 4.69) is 21.2 Å². The summed E-state index contributed by atoms with van der Waals surface area (Å²) in [7, 11) is 0. The minimum absolute atomic E-state index is 0.182. The van der Waals surface area contributed by atoms with Gasteiger partial charge in [0.05, 0.1) is 15.3 Å². The molecule has 112 valence electrons. The monoisotopic (exact) mass is 375 g/mol. The number of carboxylic acids is 1. The molecule has 1 aromatic carbocycles. The molecule has 1 atom stereocenters. The number of carbonyl (C=O) groups excluding carboxylic acids is 1. The highest BCUT2D eigenvalue weighted by atomic mass is 79.9. The quantitative estimate of drug-likeness (QED) is 0.619. The number of thioether (sulfide) groups is 1. The first kappa shape index (κ1) is 15.6. The topological polar surface area (TPSA) is 113 Å². The van der Waals surface area contributed by atoms with Crippen LogP contribution in [0, 0.1) is 10.1 Å². The molecule has 0 aliphatic carbocycles. The van der Waals surface area contributed by atoms with Gasteiger partial charge in [-0.2, -0.15) is 0 Å². The Labute approximate surface area is 131 Å². The molecule has 1 saturated heterocycles. The van der Waals surface area contributed by atoms with E-state index in [4.69, 9.17) is 5.11 Å². The molecule has 10 heteroatoms. The third-order valence-corrected chi connectivity index (χ3v) is 4.51. The van der Waals surface area contributed by atoms with Gasteiger partial charge in [-0.15, -0.1) is 11.8 Å². The molecule has 0 radical (unpaired) electrons. The van der Waals surface area contributed by atoms with Gasteiger partial charge in [0.2, 0.25) is 0 Å². The number of hydrogen-bond acceptors (Lipinski definition) is 5. The minimum Gasteiger partial charge on any atom is -0.480 e. The molecular weight excluding hydrogens is 366 g/mol. The van der Waals surface area contributed by atoms with E-state index in [1.165, 1.54) is 34.9 Å². The van der Waals surface area contributed by atoms with Crippen molar-refractivity contribution in [1.82, 2.24) is 4.90 Å². The molecule has 2 rings (SSSR count). The highest BCUT2D eigenvalue weighted by Gasteiger charge is 2.34. The van der Waals surface area contributed by atoms with Crippen LogP contribution in [-0.4, -0.2) is 44.6 Å². The smallest absolute Gasteiger partial charge is 0.327 e. The molecule has 0 saturated carbocycles. The second-order valence-electron chi connectivity index (χ2n) is 4.18. The van der Waals surface area contributed by atoms with Crippen LogP contribution in [0.5, 0.6) is 0 Å². The fourth-order valence-electron chi connectivity index (χ4n) is 1.77. The van der Waals surface area contributed by atoms with Crippen LogP contribution in [0.3, 0.4) is 0 Å². The number of nitrogens with zero attached hydrogens (tertiary/aromatic N) is 2. The molecule has 0 bridgehead atoms. The Morgan fingerprint density at radius 1 is 1.52 bits per heavy atom. The van der Waals surface area contributed by atoms with Gasteiger partial charge in [0.1, 0.15) is 6.04 Å². The summed E-state index contributed by atoms with van der Waals surface area (Å²) in [4.78, 5) is 34.5. The number of urea groups is 1. The van der Waals surface area contributed by atoms with Gasteiger partial charge in [-0.25, -0.2) is 9.59 Å². The maximum Gasteiger partial charge on any atom is 0.327 e. The number of halogens is 1. The van der Waals surface area contributed by atoms with E-state index in [-0.39, 0.29) is 17.3 Å². The number of rotatable bonds is 3. The number of hydrogen-bond donors (Lipinski definition) is 2. The van der Waals surface area contributed by atoms with Crippen molar-refractivity contribution in [3.05, 3.63) is 32.8 Å². The molecule has 2 amide bonds. The van der Waals surface area contributed by atoms with E-state index in [9.17, 15) is 19.7 Å². The first-order chi connectivity index (χ1) is 9.90. The number of nitrogens with one attached hydrogen (secondary N) is 1. The summed E-state index contributed by atoms with van der Waals surface area (Å²) < 4.78 is 0.297. The molecule has 8 nitrogen and oxygen atoms in total. The molecule has 1 aliphatic heterocycles. The van der Waals surface area contributed by atoms with Crippen molar-refractivity contribution in [2.75, 3.05) is 16.9 Å². The van der Waals surface area contributed by atoms with Gasteiger partial charge in [-0.05, 0) is 28.1 Å². The summed E-state index contributed by atoms with van der Waals surface area (Å²) in [6.45, 7) is 0. The molecule has 21 heavy (non-hydrogen) atoms. The second-order valence-corrected chi connectivity index (χ2v) is 6.03. The number of carboxylic acid groups (broad SMARTS) is 1. The van der Waals surface area contributed by atoms with Crippen molar-refractivity contribution < 1.29 is 19.6 Å². The predicted octanol–water partition coefficient (Wildman–Crippen LogP) is 2.35. The molecular formula is C11H10BrN3O5S. The van der Waals surface area contributed by atoms with Crippen LogP contribution >= 0.6 is 27.7 Å². The molecule has 1 heterocycles. The molecule has 1 aromatic rings. The van der Waals surface area contributed by atoms with Crippen molar-refractivity contribution in [3.63, 3.8) is 0 Å². The van der Waals surface area contributed by atoms with E-state index in [0.717, 1.165) is 0 Å². The summed E-state index contributed by atoms with van der Waals surface area (Å²) in [5, 5.41) is 22.3. The Balaban J connectivity index is 2.14. The van der Waals surface area contributed by atoms with Crippen LogP contribution < -0.4 is 5.32 Å². The van der Waals surface area contributed by atoms with Gasteiger partial charge in [-0.1, -0.05) is 0 Å².